The van der Waals surface area contributed by atoms with Gasteiger partial charge in [-0.05, 0) is 37.6 Å². The molecule has 0 radical (unpaired) electrons. The van der Waals surface area contributed by atoms with E-state index in [0.717, 1.165) is 38.5 Å². The van der Waals surface area contributed by atoms with Crippen LogP contribution in [-0.2, 0) is 4.74 Å². The third kappa shape index (κ3) is 3.72. The molecule has 1 saturated heterocycles. The second-order valence-corrected chi connectivity index (χ2v) is 4.89. The van der Waals surface area contributed by atoms with E-state index in [0.29, 0.717) is 12.0 Å². The quantitative estimate of drug-likeness (QED) is 0.841. The second kappa shape index (κ2) is 6.76. The van der Waals surface area contributed by atoms with Crippen LogP contribution in [0.1, 0.15) is 31.9 Å². The predicted octanol–water partition coefficient (Wildman–Crippen LogP) is 2.77. The van der Waals surface area contributed by atoms with Gasteiger partial charge < -0.3 is 14.8 Å². The molecule has 2 unspecified atom stereocenters. The molecule has 1 aromatic carbocycles. The molecule has 1 N–H and O–H groups in total. The summed E-state index contributed by atoms with van der Waals surface area (Å²) in [7, 11) is 0. The lowest BCUT2D eigenvalue weighted by Gasteiger charge is -2.14. The topological polar surface area (TPSA) is 30.5 Å². The van der Waals surface area contributed by atoms with Crippen LogP contribution in [0.3, 0.4) is 0 Å². The largest absolute Gasteiger partial charge is 0.493 e. The molecule has 0 aromatic heterocycles. The molecule has 1 fully saturated rings. The smallest absolute Gasteiger partial charge is 0.119 e. The summed E-state index contributed by atoms with van der Waals surface area (Å²) >= 11 is 0. The number of nitrogens with one attached hydrogen (secondary N) is 1. The summed E-state index contributed by atoms with van der Waals surface area (Å²) in [6.07, 6.45) is 1.12. The normalized spacial score (nSPS) is 20.9. The van der Waals surface area contributed by atoms with E-state index in [1.165, 1.54) is 5.56 Å². The lowest BCUT2D eigenvalue weighted by atomic mass is 10.1. The minimum Gasteiger partial charge on any atom is -0.493 e. The van der Waals surface area contributed by atoms with E-state index in [-0.39, 0.29) is 0 Å². The van der Waals surface area contributed by atoms with Crippen molar-refractivity contribution in [3.63, 3.8) is 0 Å². The summed E-state index contributed by atoms with van der Waals surface area (Å²) in [5.41, 5.74) is 1.30. The van der Waals surface area contributed by atoms with Crippen LogP contribution >= 0.6 is 0 Å². The van der Waals surface area contributed by atoms with Crippen LogP contribution in [0, 0.1) is 5.92 Å². The van der Waals surface area contributed by atoms with Crippen LogP contribution in [0.15, 0.2) is 24.3 Å². The SMILES string of the molecule is CCNC(C)c1ccc(OCC2CCOC2)cc1. The molecular weight excluding hydrogens is 226 g/mol. The molecule has 0 spiro atoms. The summed E-state index contributed by atoms with van der Waals surface area (Å²) in [6.45, 7) is 7.78. The summed E-state index contributed by atoms with van der Waals surface area (Å²) in [5.74, 6) is 1.51. The zero-order chi connectivity index (χ0) is 12.8. The zero-order valence-electron chi connectivity index (χ0n) is 11.3. The molecule has 0 aliphatic carbocycles. The Morgan fingerprint density at radius 2 is 2.17 bits per heavy atom. The van der Waals surface area contributed by atoms with Gasteiger partial charge in [-0.3, -0.25) is 0 Å². The Morgan fingerprint density at radius 3 is 2.78 bits per heavy atom. The highest BCUT2D eigenvalue weighted by Crippen LogP contribution is 2.19. The molecule has 18 heavy (non-hydrogen) atoms. The average Bonchev–Trinajstić information content (AvgIpc) is 2.90. The fourth-order valence-corrected chi connectivity index (χ4v) is 2.21. The van der Waals surface area contributed by atoms with Gasteiger partial charge in [0.25, 0.3) is 0 Å². The molecule has 3 nitrogen and oxygen atoms in total. The Bertz CT molecular complexity index is 344. The Morgan fingerprint density at radius 1 is 1.39 bits per heavy atom. The van der Waals surface area contributed by atoms with Crippen LogP contribution in [-0.4, -0.2) is 26.4 Å². The molecule has 2 rings (SSSR count). The van der Waals surface area contributed by atoms with Crippen molar-refractivity contribution in [3.8, 4) is 5.75 Å². The minimum atomic E-state index is 0.396. The van der Waals surface area contributed by atoms with Gasteiger partial charge in [-0.1, -0.05) is 19.1 Å². The molecule has 2 atom stereocenters. The van der Waals surface area contributed by atoms with Crippen molar-refractivity contribution in [2.75, 3.05) is 26.4 Å². The maximum Gasteiger partial charge on any atom is 0.119 e. The van der Waals surface area contributed by atoms with Crippen molar-refractivity contribution in [3.05, 3.63) is 29.8 Å². The number of benzene rings is 1. The lowest BCUT2D eigenvalue weighted by Crippen LogP contribution is -2.17. The van der Waals surface area contributed by atoms with E-state index in [1.54, 1.807) is 0 Å². The predicted molar refractivity (Wildman–Crippen MR) is 73.0 cm³/mol. The highest BCUT2D eigenvalue weighted by atomic mass is 16.5. The maximum absolute atomic E-state index is 5.78. The number of hydrogen-bond donors (Lipinski definition) is 1. The Balaban J connectivity index is 1.83. The van der Waals surface area contributed by atoms with E-state index in [4.69, 9.17) is 9.47 Å². The van der Waals surface area contributed by atoms with E-state index in [9.17, 15) is 0 Å². The van der Waals surface area contributed by atoms with Gasteiger partial charge in [0.1, 0.15) is 5.75 Å². The van der Waals surface area contributed by atoms with Crippen molar-refractivity contribution in [1.29, 1.82) is 0 Å². The average molecular weight is 249 g/mol. The van der Waals surface area contributed by atoms with Crippen molar-refractivity contribution in [2.45, 2.75) is 26.3 Å². The fraction of sp³-hybridized carbons (Fsp3) is 0.600. The first-order valence-corrected chi connectivity index (χ1v) is 6.83. The van der Waals surface area contributed by atoms with E-state index in [1.807, 2.05) is 0 Å². The molecule has 3 heteroatoms. The Hall–Kier alpha value is -1.06. The van der Waals surface area contributed by atoms with Crippen molar-refractivity contribution >= 4 is 0 Å². The fourth-order valence-electron chi connectivity index (χ4n) is 2.21. The van der Waals surface area contributed by atoms with Crippen LogP contribution < -0.4 is 10.1 Å². The number of rotatable bonds is 6. The Labute approximate surface area is 109 Å². The van der Waals surface area contributed by atoms with Crippen LogP contribution in [0.25, 0.3) is 0 Å². The highest BCUT2D eigenvalue weighted by Gasteiger charge is 2.16. The number of hydrogen-bond acceptors (Lipinski definition) is 3. The van der Waals surface area contributed by atoms with Gasteiger partial charge in [0.15, 0.2) is 0 Å². The van der Waals surface area contributed by atoms with Crippen LogP contribution in [0.5, 0.6) is 5.75 Å². The Kier molecular flexibility index (Phi) is 5.02. The molecule has 0 bridgehead atoms. The first-order chi connectivity index (χ1) is 8.79. The van der Waals surface area contributed by atoms with Crippen LogP contribution in [0.4, 0.5) is 0 Å². The standard InChI is InChI=1S/C15H23NO2/c1-3-16-12(2)14-4-6-15(7-5-14)18-11-13-8-9-17-10-13/h4-7,12-13,16H,3,8-11H2,1-2H3. The van der Waals surface area contributed by atoms with Gasteiger partial charge in [0.05, 0.1) is 13.2 Å². The van der Waals surface area contributed by atoms with Crippen molar-refractivity contribution in [1.82, 2.24) is 5.32 Å². The molecule has 1 aliphatic heterocycles. The monoisotopic (exact) mass is 249 g/mol. The lowest BCUT2D eigenvalue weighted by molar-refractivity contribution is 0.167. The molecule has 1 aliphatic rings. The van der Waals surface area contributed by atoms with E-state index >= 15 is 0 Å². The van der Waals surface area contributed by atoms with Gasteiger partial charge in [-0.2, -0.15) is 0 Å². The van der Waals surface area contributed by atoms with Crippen molar-refractivity contribution in [2.24, 2.45) is 5.92 Å². The first kappa shape index (κ1) is 13.4. The molecule has 0 saturated carbocycles. The van der Waals surface area contributed by atoms with E-state index < -0.39 is 0 Å². The molecule has 1 heterocycles. The van der Waals surface area contributed by atoms with Crippen LogP contribution in [0.2, 0.25) is 0 Å². The van der Waals surface area contributed by atoms with Gasteiger partial charge >= 0.3 is 0 Å². The highest BCUT2D eigenvalue weighted by molar-refractivity contribution is 5.28. The third-order valence-corrected chi connectivity index (χ3v) is 3.40. The molecule has 1 aromatic rings. The molecule has 0 amide bonds. The summed E-state index contributed by atoms with van der Waals surface area (Å²) < 4.78 is 11.1. The third-order valence-electron chi connectivity index (χ3n) is 3.40. The summed E-state index contributed by atoms with van der Waals surface area (Å²) in [5, 5.41) is 3.40. The maximum atomic E-state index is 5.78. The van der Waals surface area contributed by atoms with Gasteiger partial charge in [0, 0.05) is 18.6 Å². The van der Waals surface area contributed by atoms with E-state index in [2.05, 4.69) is 43.4 Å². The molecular formula is C15H23NO2. The second-order valence-electron chi connectivity index (χ2n) is 4.89. The first-order valence-electron chi connectivity index (χ1n) is 6.83. The summed E-state index contributed by atoms with van der Waals surface area (Å²) in [6, 6.07) is 8.77. The van der Waals surface area contributed by atoms with Crippen molar-refractivity contribution < 1.29 is 9.47 Å². The number of ether oxygens (including phenoxy) is 2. The van der Waals surface area contributed by atoms with Gasteiger partial charge in [0.2, 0.25) is 0 Å². The minimum absolute atomic E-state index is 0.396. The molecule has 100 valence electrons. The zero-order valence-corrected chi connectivity index (χ0v) is 11.3. The van der Waals surface area contributed by atoms with Gasteiger partial charge in [-0.15, -0.1) is 0 Å². The van der Waals surface area contributed by atoms with Gasteiger partial charge in [-0.25, -0.2) is 0 Å². The summed E-state index contributed by atoms with van der Waals surface area (Å²) in [4.78, 5) is 0.